The number of rotatable bonds is 6. The smallest absolute Gasteiger partial charge is 0.267 e. The van der Waals surface area contributed by atoms with Crippen molar-refractivity contribution in [2.24, 2.45) is 0 Å². The summed E-state index contributed by atoms with van der Waals surface area (Å²) in [4.78, 5) is 33.0. The minimum absolute atomic E-state index is 0.229. The van der Waals surface area contributed by atoms with Crippen molar-refractivity contribution in [1.29, 1.82) is 0 Å². The van der Waals surface area contributed by atoms with Crippen LogP contribution in [0, 0.1) is 6.92 Å². The largest absolute Gasteiger partial charge is 0.467 e. The Kier molecular flexibility index (Phi) is 5.61. The highest BCUT2D eigenvalue weighted by Crippen LogP contribution is 2.34. The van der Waals surface area contributed by atoms with Crippen LogP contribution in [0.2, 0.25) is 0 Å². The summed E-state index contributed by atoms with van der Waals surface area (Å²) in [5, 5.41) is 3.18. The van der Waals surface area contributed by atoms with Crippen LogP contribution in [0.4, 0.5) is 5.82 Å². The first kappa shape index (κ1) is 21.2. The molecule has 5 heterocycles. The Bertz CT molecular complexity index is 1440. The van der Waals surface area contributed by atoms with Crippen molar-refractivity contribution in [3.8, 4) is 0 Å². The summed E-state index contributed by atoms with van der Waals surface area (Å²) in [5.74, 6) is 1.39. The van der Waals surface area contributed by atoms with Crippen molar-refractivity contribution in [3.63, 3.8) is 0 Å². The lowest BCUT2D eigenvalue weighted by Gasteiger charge is -2.12. The van der Waals surface area contributed by atoms with E-state index in [1.807, 2.05) is 19.1 Å². The number of carbonyl (C=O) groups excluding carboxylic acids is 1. The predicted octanol–water partition coefficient (Wildman–Crippen LogP) is 4.20. The molecule has 166 valence electrons. The average molecular weight is 479 g/mol. The van der Waals surface area contributed by atoms with Gasteiger partial charge in [-0.15, -0.1) is 0 Å². The van der Waals surface area contributed by atoms with Gasteiger partial charge in [0.05, 0.1) is 36.1 Å². The van der Waals surface area contributed by atoms with Crippen molar-refractivity contribution >= 4 is 51.7 Å². The maximum Gasteiger partial charge on any atom is 0.267 e. The first-order valence-electron chi connectivity index (χ1n) is 10.1. The molecule has 0 saturated carbocycles. The molecule has 5 rings (SSSR count). The number of thiocarbonyl (C=S) groups is 1. The molecule has 8 nitrogen and oxygen atoms in total. The number of aromatic nitrogens is 2. The van der Waals surface area contributed by atoms with E-state index in [4.69, 9.17) is 21.1 Å². The standard InChI is InChI=1S/C23H18N4O4S2/c1-14-5-2-8-26-20(14)25-19(24-12-15-6-3-9-30-15)17(21(26)28)11-18-22(29)27(23(32)33-18)13-16-7-4-10-31-16/h2-11,24H,12-13H2,1H3. The van der Waals surface area contributed by atoms with Gasteiger partial charge in [0.25, 0.3) is 11.5 Å². The number of pyridine rings is 1. The SMILES string of the molecule is Cc1cccn2c(=O)c(C=C3SC(=S)N(Cc4ccco4)C3=O)c(NCc3ccco3)nc12. The monoisotopic (exact) mass is 478 g/mol. The van der Waals surface area contributed by atoms with E-state index in [2.05, 4.69) is 10.3 Å². The van der Waals surface area contributed by atoms with Gasteiger partial charge in [0, 0.05) is 6.20 Å². The molecule has 1 aliphatic rings. The fourth-order valence-electron chi connectivity index (χ4n) is 3.49. The number of thioether (sulfide) groups is 1. The highest BCUT2D eigenvalue weighted by Gasteiger charge is 2.33. The zero-order valence-electron chi connectivity index (χ0n) is 17.5. The van der Waals surface area contributed by atoms with Crippen LogP contribution in [0.1, 0.15) is 22.6 Å². The fourth-order valence-corrected chi connectivity index (χ4v) is 4.72. The quantitative estimate of drug-likeness (QED) is 0.326. The van der Waals surface area contributed by atoms with Crippen LogP contribution in [0.3, 0.4) is 0 Å². The van der Waals surface area contributed by atoms with Gasteiger partial charge in [0.1, 0.15) is 27.3 Å². The van der Waals surface area contributed by atoms with Gasteiger partial charge < -0.3 is 14.2 Å². The van der Waals surface area contributed by atoms with Gasteiger partial charge >= 0.3 is 0 Å². The van der Waals surface area contributed by atoms with Crippen molar-refractivity contribution in [2.45, 2.75) is 20.0 Å². The lowest BCUT2D eigenvalue weighted by atomic mass is 10.2. The topological polar surface area (TPSA) is 93.0 Å². The lowest BCUT2D eigenvalue weighted by molar-refractivity contribution is -0.122. The molecular formula is C23H18N4O4S2. The van der Waals surface area contributed by atoms with E-state index in [1.54, 1.807) is 49.1 Å². The number of hydrogen-bond donors (Lipinski definition) is 1. The first-order chi connectivity index (χ1) is 16.0. The van der Waals surface area contributed by atoms with E-state index < -0.39 is 0 Å². The Morgan fingerprint density at radius 3 is 2.61 bits per heavy atom. The van der Waals surface area contributed by atoms with Gasteiger partial charge in [-0.2, -0.15) is 0 Å². The van der Waals surface area contributed by atoms with E-state index in [9.17, 15) is 9.59 Å². The minimum atomic E-state index is -0.290. The lowest BCUT2D eigenvalue weighted by Crippen LogP contribution is -2.27. The van der Waals surface area contributed by atoms with Crippen molar-refractivity contribution in [1.82, 2.24) is 14.3 Å². The third-order valence-corrected chi connectivity index (χ3v) is 6.52. The Labute approximate surface area is 197 Å². The second-order valence-corrected chi connectivity index (χ2v) is 9.02. The molecule has 4 aromatic heterocycles. The summed E-state index contributed by atoms with van der Waals surface area (Å²) in [6.45, 7) is 2.45. The van der Waals surface area contributed by atoms with Crippen molar-refractivity contribution in [3.05, 3.63) is 93.0 Å². The number of fused-ring (bicyclic) bond motifs is 1. The van der Waals surface area contributed by atoms with E-state index in [0.717, 1.165) is 17.3 Å². The van der Waals surface area contributed by atoms with E-state index in [1.165, 1.54) is 9.30 Å². The summed E-state index contributed by atoms with van der Waals surface area (Å²) in [6, 6.07) is 10.8. The number of nitrogens with one attached hydrogen (secondary N) is 1. The second-order valence-electron chi connectivity index (χ2n) is 7.34. The average Bonchev–Trinajstić information content (AvgIpc) is 3.55. The summed E-state index contributed by atoms with van der Waals surface area (Å²) in [5.41, 5.74) is 1.36. The molecule has 10 heteroatoms. The zero-order valence-corrected chi connectivity index (χ0v) is 19.1. The molecule has 0 radical (unpaired) electrons. The molecule has 0 unspecified atom stereocenters. The van der Waals surface area contributed by atoms with Crippen LogP contribution in [-0.2, 0) is 17.9 Å². The van der Waals surface area contributed by atoms with Gasteiger partial charge in [-0.3, -0.25) is 18.9 Å². The van der Waals surface area contributed by atoms with Gasteiger partial charge in [-0.25, -0.2) is 4.98 Å². The van der Waals surface area contributed by atoms with Crippen molar-refractivity contribution in [2.75, 3.05) is 5.32 Å². The molecular weight excluding hydrogens is 460 g/mol. The molecule has 0 atom stereocenters. The molecule has 1 amide bonds. The minimum Gasteiger partial charge on any atom is -0.467 e. The molecule has 1 fully saturated rings. The van der Waals surface area contributed by atoms with Crippen molar-refractivity contribution < 1.29 is 13.6 Å². The van der Waals surface area contributed by atoms with E-state index >= 15 is 0 Å². The van der Waals surface area contributed by atoms with Crippen LogP contribution in [0.25, 0.3) is 11.7 Å². The van der Waals surface area contributed by atoms with Gasteiger partial charge in [-0.05, 0) is 48.9 Å². The number of aryl methyl sites for hydroxylation is 1. The zero-order chi connectivity index (χ0) is 22.9. The van der Waals surface area contributed by atoms with E-state index in [0.29, 0.717) is 38.8 Å². The molecule has 0 spiro atoms. The Hall–Kier alpha value is -3.63. The molecule has 1 N–H and O–H groups in total. The maximum atomic E-state index is 13.4. The van der Waals surface area contributed by atoms with Gasteiger partial charge in [0.2, 0.25) is 0 Å². The Morgan fingerprint density at radius 1 is 1.12 bits per heavy atom. The second kappa shape index (κ2) is 8.72. The summed E-state index contributed by atoms with van der Waals surface area (Å²) in [6.07, 6.45) is 6.34. The molecule has 4 aromatic rings. The first-order valence-corrected chi connectivity index (χ1v) is 11.3. The third-order valence-electron chi connectivity index (χ3n) is 5.14. The molecule has 1 aliphatic heterocycles. The van der Waals surface area contributed by atoms with Gasteiger partial charge in [-0.1, -0.05) is 30.0 Å². The van der Waals surface area contributed by atoms with Crippen LogP contribution in [0.5, 0.6) is 0 Å². The highest BCUT2D eigenvalue weighted by atomic mass is 32.2. The molecule has 0 aliphatic carbocycles. The molecule has 0 bridgehead atoms. The van der Waals surface area contributed by atoms with Crippen LogP contribution >= 0.6 is 24.0 Å². The van der Waals surface area contributed by atoms with E-state index in [-0.39, 0.29) is 23.6 Å². The number of hydrogen-bond acceptors (Lipinski definition) is 8. The normalized spacial score (nSPS) is 15.2. The fraction of sp³-hybridized carbons (Fsp3) is 0.130. The summed E-state index contributed by atoms with van der Waals surface area (Å²) >= 11 is 6.55. The molecule has 1 saturated heterocycles. The summed E-state index contributed by atoms with van der Waals surface area (Å²) < 4.78 is 12.6. The maximum absolute atomic E-state index is 13.4. The third kappa shape index (κ3) is 4.10. The Morgan fingerprint density at radius 2 is 1.88 bits per heavy atom. The molecule has 0 aromatic carbocycles. The predicted molar refractivity (Wildman–Crippen MR) is 130 cm³/mol. The summed E-state index contributed by atoms with van der Waals surface area (Å²) in [7, 11) is 0. The molecule has 33 heavy (non-hydrogen) atoms. The van der Waals surface area contributed by atoms with Crippen LogP contribution in [-0.4, -0.2) is 24.5 Å². The number of carbonyl (C=O) groups is 1. The highest BCUT2D eigenvalue weighted by molar-refractivity contribution is 8.26. The number of amides is 1. The van der Waals surface area contributed by atoms with Crippen LogP contribution in [0.15, 0.2) is 73.7 Å². The Balaban J connectivity index is 1.56. The van der Waals surface area contributed by atoms with Crippen LogP contribution < -0.4 is 10.9 Å². The van der Waals surface area contributed by atoms with Gasteiger partial charge in [0.15, 0.2) is 0 Å². The number of nitrogens with zero attached hydrogens (tertiary/aromatic N) is 3. The number of anilines is 1. The number of furan rings is 2.